The average Bonchev–Trinajstić information content (AvgIpc) is 2.47. The average molecular weight is 248 g/mol. The van der Waals surface area contributed by atoms with Crippen LogP contribution >= 0.6 is 0 Å². The normalized spacial score (nSPS) is 12.8. The minimum Gasteiger partial charge on any atom is -0.386 e. The van der Waals surface area contributed by atoms with E-state index in [9.17, 15) is 9.59 Å². The Labute approximate surface area is 109 Å². The van der Waals surface area contributed by atoms with Crippen molar-refractivity contribution in [3.8, 4) is 11.8 Å². The van der Waals surface area contributed by atoms with E-state index in [-0.39, 0.29) is 0 Å². The van der Waals surface area contributed by atoms with E-state index in [2.05, 4.69) is 11.8 Å². The van der Waals surface area contributed by atoms with Crippen LogP contribution in [0.2, 0.25) is 0 Å². The SMILES string of the molecule is O=C1OC(=O)c2ccc(cc2)C#Cc2ccc1cc2. The predicted molar refractivity (Wildman–Crippen MR) is 68.6 cm³/mol. The molecule has 0 N–H and O–H groups in total. The highest BCUT2D eigenvalue weighted by molar-refractivity contribution is 6.02. The summed E-state index contributed by atoms with van der Waals surface area (Å²) in [5.41, 5.74) is 2.25. The second kappa shape index (κ2) is 4.43. The quantitative estimate of drug-likeness (QED) is 0.408. The number of ether oxygens (including phenoxy) is 1. The molecule has 4 aliphatic heterocycles. The van der Waals surface area contributed by atoms with Crippen molar-refractivity contribution >= 4 is 11.9 Å². The van der Waals surface area contributed by atoms with Gasteiger partial charge < -0.3 is 4.74 Å². The fourth-order valence-electron chi connectivity index (χ4n) is 1.73. The summed E-state index contributed by atoms with van der Waals surface area (Å²) in [6.07, 6.45) is 0. The first-order valence-corrected chi connectivity index (χ1v) is 5.71. The van der Waals surface area contributed by atoms with Gasteiger partial charge in [0, 0.05) is 11.1 Å². The van der Waals surface area contributed by atoms with Crippen LogP contribution in [0, 0.1) is 11.8 Å². The molecule has 2 aromatic carbocycles. The largest absolute Gasteiger partial charge is 0.386 e. The molecule has 0 spiro atoms. The minimum absolute atomic E-state index is 0.328. The van der Waals surface area contributed by atoms with E-state index in [1.165, 1.54) is 0 Å². The molecule has 19 heavy (non-hydrogen) atoms. The number of hydrogen-bond donors (Lipinski definition) is 0. The fourth-order valence-corrected chi connectivity index (χ4v) is 1.73. The number of hydrogen-bond acceptors (Lipinski definition) is 3. The van der Waals surface area contributed by atoms with E-state index in [4.69, 9.17) is 4.74 Å². The summed E-state index contributed by atoms with van der Waals surface area (Å²) in [4.78, 5) is 23.5. The summed E-state index contributed by atoms with van der Waals surface area (Å²) in [5, 5.41) is 0. The first-order valence-electron chi connectivity index (χ1n) is 5.71. The lowest BCUT2D eigenvalue weighted by Gasteiger charge is -2.03. The fraction of sp³-hybridized carbons (Fsp3) is 0. The van der Waals surface area contributed by atoms with E-state index in [1.54, 1.807) is 48.5 Å². The number of rotatable bonds is 0. The third-order valence-electron chi connectivity index (χ3n) is 2.78. The van der Waals surface area contributed by atoms with Gasteiger partial charge in [-0.2, -0.15) is 0 Å². The van der Waals surface area contributed by atoms with Gasteiger partial charge in [0.1, 0.15) is 0 Å². The molecule has 3 heteroatoms. The monoisotopic (exact) mass is 248 g/mol. The molecule has 4 bridgehead atoms. The molecule has 3 nitrogen and oxygen atoms in total. The van der Waals surface area contributed by atoms with Gasteiger partial charge in [-0.1, -0.05) is 11.8 Å². The lowest BCUT2D eigenvalue weighted by molar-refractivity contribution is 0.0398. The number of benzene rings is 2. The van der Waals surface area contributed by atoms with E-state index in [0.717, 1.165) is 11.1 Å². The maximum Gasteiger partial charge on any atom is 0.346 e. The van der Waals surface area contributed by atoms with Crippen LogP contribution in [-0.2, 0) is 4.74 Å². The Morgan fingerprint density at radius 2 is 1.00 bits per heavy atom. The highest BCUT2D eigenvalue weighted by Crippen LogP contribution is 2.11. The third-order valence-corrected chi connectivity index (χ3v) is 2.78. The maximum atomic E-state index is 11.8. The van der Waals surface area contributed by atoms with Gasteiger partial charge in [0.2, 0.25) is 0 Å². The summed E-state index contributed by atoms with van der Waals surface area (Å²) < 4.78 is 4.80. The first kappa shape index (κ1) is 11.2. The predicted octanol–water partition coefficient (Wildman–Crippen LogP) is 2.40. The van der Waals surface area contributed by atoms with Crippen molar-refractivity contribution in [2.75, 3.05) is 0 Å². The molecule has 0 amide bonds. The Bertz CT molecular complexity index is 652. The van der Waals surface area contributed by atoms with Crippen LogP contribution in [0.25, 0.3) is 0 Å². The molecule has 0 unspecified atom stereocenters. The lowest BCUT2D eigenvalue weighted by atomic mass is 10.1. The van der Waals surface area contributed by atoms with Crippen LogP contribution in [0.3, 0.4) is 0 Å². The van der Waals surface area contributed by atoms with E-state index < -0.39 is 11.9 Å². The molecule has 6 rings (SSSR count). The Balaban J connectivity index is 2.16. The van der Waals surface area contributed by atoms with Gasteiger partial charge in [0.25, 0.3) is 0 Å². The van der Waals surface area contributed by atoms with Crippen molar-refractivity contribution in [1.82, 2.24) is 0 Å². The van der Waals surface area contributed by atoms with Crippen LogP contribution in [0.5, 0.6) is 0 Å². The van der Waals surface area contributed by atoms with E-state index >= 15 is 0 Å². The molecular weight excluding hydrogens is 240 g/mol. The molecule has 2 aromatic rings. The Hall–Kier alpha value is -2.86. The summed E-state index contributed by atoms with van der Waals surface area (Å²) >= 11 is 0. The topological polar surface area (TPSA) is 43.4 Å². The van der Waals surface area contributed by atoms with Crippen molar-refractivity contribution in [2.24, 2.45) is 0 Å². The Morgan fingerprint density at radius 3 is 1.37 bits per heavy atom. The number of carbonyl (C=O) groups excluding carboxylic acids is 2. The smallest absolute Gasteiger partial charge is 0.346 e. The van der Waals surface area contributed by atoms with Gasteiger partial charge in [-0.15, -0.1) is 0 Å². The van der Waals surface area contributed by atoms with Crippen LogP contribution in [0.1, 0.15) is 31.8 Å². The molecule has 0 radical (unpaired) electrons. The molecule has 0 fully saturated rings. The lowest BCUT2D eigenvalue weighted by Crippen LogP contribution is -2.12. The standard InChI is InChI=1S/C16H8O3/c17-15-13-7-3-11(4-8-13)1-2-12-5-9-14(10-6-12)16(18)19-15/h3-10H. The van der Waals surface area contributed by atoms with Crippen LogP contribution in [0.15, 0.2) is 48.5 Å². The highest BCUT2D eigenvalue weighted by Gasteiger charge is 2.15. The zero-order valence-corrected chi connectivity index (χ0v) is 9.84. The molecule has 90 valence electrons. The molecule has 4 aliphatic rings. The Morgan fingerprint density at radius 1 is 0.632 bits per heavy atom. The third kappa shape index (κ3) is 2.24. The van der Waals surface area contributed by atoms with Crippen molar-refractivity contribution in [3.63, 3.8) is 0 Å². The van der Waals surface area contributed by atoms with E-state index in [0.29, 0.717) is 11.1 Å². The van der Waals surface area contributed by atoms with Crippen LogP contribution in [-0.4, -0.2) is 11.9 Å². The summed E-state index contributed by atoms with van der Waals surface area (Å²) in [5.74, 6) is 4.66. The zero-order valence-electron chi connectivity index (χ0n) is 9.84. The van der Waals surface area contributed by atoms with Gasteiger partial charge in [-0.05, 0) is 48.5 Å². The zero-order chi connectivity index (χ0) is 13.2. The molecule has 4 heterocycles. The summed E-state index contributed by atoms with van der Waals surface area (Å²) in [6, 6.07) is 13.3. The second-order valence-electron chi connectivity index (χ2n) is 4.08. The second-order valence-corrected chi connectivity index (χ2v) is 4.08. The highest BCUT2D eigenvalue weighted by atomic mass is 16.6. The van der Waals surface area contributed by atoms with Gasteiger partial charge in [0.15, 0.2) is 0 Å². The minimum atomic E-state index is -0.659. The van der Waals surface area contributed by atoms with E-state index in [1.807, 2.05) is 0 Å². The van der Waals surface area contributed by atoms with Crippen molar-refractivity contribution in [3.05, 3.63) is 70.8 Å². The van der Waals surface area contributed by atoms with Gasteiger partial charge in [-0.3, -0.25) is 0 Å². The van der Waals surface area contributed by atoms with Gasteiger partial charge in [-0.25, -0.2) is 9.59 Å². The Kier molecular flexibility index (Phi) is 2.62. The molecule has 0 aromatic heterocycles. The maximum absolute atomic E-state index is 11.8. The number of carbonyl (C=O) groups is 2. The van der Waals surface area contributed by atoms with Crippen molar-refractivity contribution in [1.29, 1.82) is 0 Å². The van der Waals surface area contributed by atoms with Crippen LogP contribution < -0.4 is 0 Å². The first-order chi connectivity index (χ1) is 9.22. The molecular formula is C16H8O3. The molecule has 0 saturated heterocycles. The molecule has 0 atom stereocenters. The van der Waals surface area contributed by atoms with Gasteiger partial charge >= 0.3 is 11.9 Å². The van der Waals surface area contributed by atoms with Crippen molar-refractivity contribution in [2.45, 2.75) is 0 Å². The van der Waals surface area contributed by atoms with Gasteiger partial charge in [0.05, 0.1) is 11.1 Å². The summed E-state index contributed by atoms with van der Waals surface area (Å²) in [6.45, 7) is 0. The van der Waals surface area contributed by atoms with Crippen molar-refractivity contribution < 1.29 is 14.3 Å². The summed E-state index contributed by atoms with van der Waals surface area (Å²) in [7, 11) is 0. The molecule has 0 saturated carbocycles. The molecule has 0 aliphatic carbocycles. The van der Waals surface area contributed by atoms with Crippen LogP contribution in [0.4, 0.5) is 0 Å². The number of esters is 2.